The van der Waals surface area contributed by atoms with Gasteiger partial charge < -0.3 is 20.5 Å². The smallest absolute Gasteiger partial charge is 0.337 e. The number of aliphatic carboxylic acids is 1. The quantitative estimate of drug-likeness (QED) is 0.762. The summed E-state index contributed by atoms with van der Waals surface area (Å²) in [4.78, 5) is 36.8. The first kappa shape index (κ1) is 16.3. The summed E-state index contributed by atoms with van der Waals surface area (Å²) in [5.74, 6) is -2.29. The van der Waals surface area contributed by atoms with Crippen molar-refractivity contribution in [2.45, 2.75) is 16.7 Å². The molecule has 1 aromatic carbocycles. The van der Waals surface area contributed by atoms with E-state index in [1.54, 1.807) is 30.3 Å². The third kappa shape index (κ3) is 2.93. The molecule has 7 nitrogen and oxygen atoms in total. The van der Waals surface area contributed by atoms with E-state index in [9.17, 15) is 19.5 Å². The number of benzene rings is 1. The van der Waals surface area contributed by atoms with Crippen LogP contribution in [0.25, 0.3) is 0 Å². The number of rotatable bonds is 4. The molecular formula is C14H16N2O5S. The van der Waals surface area contributed by atoms with Crippen molar-refractivity contribution in [2.75, 3.05) is 13.7 Å². The molecule has 0 aromatic heterocycles. The average molecular weight is 324 g/mol. The molecule has 0 radical (unpaired) electrons. The van der Waals surface area contributed by atoms with Gasteiger partial charge in [-0.25, -0.2) is 4.79 Å². The molecule has 0 spiro atoms. The Morgan fingerprint density at radius 3 is 2.45 bits per heavy atom. The third-order valence-electron chi connectivity index (χ3n) is 3.36. The van der Waals surface area contributed by atoms with Crippen LogP contribution in [0, 0.1) is 0 Å². The SMILES string of the molecule is COC(=O)[C@@H]1S[C@@H](C(=O)O)N(C(=O)CN)[C@H]1c1ccccc1. The van der Waals surface area contributed by atoms with E-state index < -0.39 is 34.5 Å². The van der Waals surface area contributed by atoms with Crippen molar-refractivity contribution in [3.05, 3.63) is 35.9 Å². The van der Waals surface area contributed by atoms with E-state index in [0.29, 0.717) is 5.56 Å². The lowest BCUT2D eigenvalue weighted by atomic mass is 10.0. The normalized spacial score (nSPS) is 24.1. The number of thioether (sulfide) groups is 1. The van der Waals surface area contributed by atoms with E-state index in [0.717, 1.165) is 16.7 Å². The van der Waals surface area contributed by atoms with Crippen LogP contribution < -0.4 is 5.73 Å². The monoisotopic (exact) mass is 324 g/mol. The lowest BCUT2D eigenvalue weighted by Gasteiger charge is -2.28. The molecule has 0 unspecified atom stereocenters. The van der Waals surface area contributed by atoms with Gasteiger partial charge in [0.25, 0.3) is 0 Å². The Hall–Kier alpha value is -2.06. The summed E-state index contributed by atoms with van der Waals surface area (Å²) >= 11 is 0.882. The molecule has 118 valence electrons. The molecule has 1 amide bonds. The van der Waals surface area contributed by atoms with Gasteiger partial charge in [-0.2, -0.15) is 0 Å². The zero-order chi connectivity index (χ0) is 16.3. The minimum absolute atomic E-state index is 0.332. The molecular weight excluding hydrogens is 308 g/mol. The van der Waals surface area contributed by atoms with E-state index in [1.165, 1.54) is 7.11 Å². The average Bonchev–Trinajstić information content (AvgIpc) is 2.94. The number of nitrogens with two attached hydrogens (primary N) is 1. The molecule has 1 aliphatic heterocycles. The lowest BCUT2D eigenvalue weighted by Crippen LogP contribution is -2.45. The Kier molecular flexibility index (Phi) is 5.04. The van der Waals surface area contributed by atoms with Gasteiger partial charge in [-0.15, -0.1) is 11.8 Å². The molecule has 8 heteroatoms. The van der Waals surface area contributed by atoms with Gasteiger partial charge in [0.15, 0.2) is 5.37 Å². The number of carboxylic acids is 1. The predicted octanol–water partition coefficient (Wildman–Crippen LogP) is 0.214. The van der Waals surface area contributed by atoms with Crippen LogP contribution in [-0.4, -0.2) is 52.1 Å². The first-order chi connectivity index (χ1) is 10.5. The highest BCUT2D eigenvalue weighted by Gasteiger charge is 2.51. The van der Waals surface area contributed by atoms with Crippen LogP contribution in [0.1, 0.15) is 11.6 Å². The zero-order valence-electron chi connectivity index (χ0n) is 11.8. The van der Waals surface area contributed by atoms with E-state index in [1.807, 2.05) is 0 Å². The summed E-state index contributed by atoms with van der Waals surface area (Å²) < 4.78 is 4.75. The van der Waals surface area contributed by atoms with Crippen molar-refractivity contribution in [3.8, 4) is 0 Å². The van der Waals surface area contributed by atoms with Gasteiger partial charge in [-0.05, 0) is 5.56 Å². The van der Waals surface area contributed by atoms with Crippen LogP contribution >= 0.6 is 11.8 Å². The van der Waals surface area contributed by atoms with Gasteiger partial charge in [-0.1, -0.05) is 30.3 Å². The number of nitrogens with zero attached hydrogens (tertiary/aromatic N) is 1. The van der Waals surface area contributed by atoms with E-state index in [4.69, 9.17) is 10.5 Å². The predicted molar refractivity (Wildman–Crippen MR) is 79.9 cm³/mol. The summed E-state index contributed by atoms with van der Waals surface area (Å²) in [6.45, 7) is -0.332. The molecule has 1 saturated heterocycles. The second-order valence-electron chi connectivity index (χ2n) is 4.63. The standard InChI is InChI=1S/C14H16N2O5S/c1-21-14(20)11-10(8-5-3-2-4-6-8)16(9(17)7-15)12(22-11)13(18)19/h2-6,10-12H,7,15H2,1H3,(H,18,19)/t10-,11+,12-/m0/s1. The molecule has 0 aliphatic carbocycles. The highest BCUT2D eigenvalue weighted by molar-refractivity contribution is 8.02. The molecule has 0 bridgehead atoms. The Bertz CT molecular complexity index is 580. The van der Waals surface area contributed by atoms with Crippen molar-refractivity contribution in [1.29, 1.82) is 0 Å². The van der Waals surface area contributed by atoms with Gasteiger partial charge in [0.05, 0.1) is 19.7 Å². The summed E-state index contributed by atoms with van der Waals surface area (Å²) in [5.41, 5.74) is 6.06. The zero-order valence-corrected chi connectivity index (χ0v) is 12.7. The maximum atomic E-state index is 12.1. The molecule has 3 N–H and O–H groups in total. The summed E-state index contributed by atoms with van der Waals surface area (Å²) in [6, 6.07) is 8.06. The van der Waals surface area contributed by atoms with Crippen LogP contribution in [0.4, 0.5) is 0 Å². The third-order valence-corrected chi connectivity index (χ3v) is 4.79. The summed E-state index contributed by atoms with van der Waals surface area (Å²) in [6.07, 6.45) is 0. The van der Waals surface area contributed by atoms with Gasteiger partial charge in [-0.3, -0.25) is 9.59 Å². The molecule has 2 rings (SSSR count). The number of carbonyl (C=O) groups excluding carboxylic acids is 2. The van der Waals surface area contributed by atoms with Gasteiger partial charge in [0.2, 0.25) is 5.91 Å². The molecule has 1 aromatic rings. The van der Waals surface area contributed by atoms with Gasteiger partial charge in [0.1, 0.15) is 5.25 Å². The lowest BCUT2D eigenvalue weighted by molar-refractivity contribution is -0.148. The van der Waals surface area contributed by atoms with E-state index >= 15 is 0 Å². The number of methoxy groups -OCH3 is 1. The topological polar surface area (TPSA) is 110 Å². The van der Waals surface area contributed by atoms with Crippen molar-refractivity contribution >= 4 is 29.6 Å². The number of hydrogen-bond donors (Lipinski definition) is 2. The van der Waals surface area contributed by atoms with Crippen LogP contribution in [0.15, 0.2) is 30.3 Å². The van der Waals surface area contributed by atoms with Crippen molar-refractivity contribution in [1.82, 2.24) is 4.90 Å². The fourth-order valence-corrected chi connectivity index (χ4v) is 3.84. The van der Waals surface area contributed by atoms with Crippen molar-refractivity contribution in [3.63, 3.8) is 0 Å². The number of carboxylic acid groups (broad SMARTS) is 1. The second-order valence-corrected chi connectivity index (χ2v) is 5.86. The minimum atomic E-state index is -1.20. The van der Waals surface area contributed by atoms with E-state index in [2.05, 4.69) is 0 Å². The molecule has 1 heterocycles. The van der Waals surface area contributed by atoms with Crippen LogP contribution in [0.3, 0.4) is 0 Å². The number of ether oxygens (including phenoxy) is 1. The Balaban J connectivity index is 2.50. The Labute approximate surface area is 131 Å². The maximum Gasteiger partial charge on any atom is 0.337 e. The van der Waals surface area contributed by atoms with Crippen LogP contribution in [0.2, 0.25) is 0 Å². The van der Waals surface area contributed by atoms with Crippen molar-refractivity contribution in [2.24, 2.45) is 5.73 Å². The number of hydrogen-bond acceptors (Lipinski definition) is 6. The van der Waals surface area contributed by atoms with Gasteiger partial charge >= 0.3 is 11.9 Å². The van der Waals surface area contributed by atoms with Crippen LogP contribution in [-0.2, 0) is 19.1 Å². The first-order valence-corrected chi connectivity index (χ1v) is 7.47. The Morgan fingerprint density at radius 1 is 1.32 bits per heavy atom. The Morgan fingerprint density at radius 2 is 1.95 bits per heavy atom. The fourth-order valence-electron chi connectivity index (χ4n) is 2.43. The highest BCUT2D eigenvalue weighted by atomic mass is 32.2. The number of esters is 1. The largest absolute Gasteiger partial charge is 0.479 e. The maximum absolute atomic E-state index is 12.1. The minimum Gasteiger partial charge on any atom is -0.479 e. The second kappa shape index (κ2) is 6.80. The summed E-state index contributed by atoms with van der Waals surface area (Å²) in [5, 5.41) is 7.37. The molecule has 1 fully saturated rings. The number of amides is 1. The number of carbonyl (C=O) groups is 3. The fraction of sp³-hybridized carbons (Fsp3) is 0.357. The molecule has 3 atom stereocenters. The molecule has 1 aliphatic rings. The molecule has 22 heavy (non-hydrogen) atoms. The van der Waals surface area contributed by atoms with Crippen LogP contribution in [0.5, 0.6) is 0 Å². The highest BCUT2D eigenvalue weighted by Crippen LogP contribution is 2.45. The molecule has 0 saturated carbocycles. The first-order valence-electron chi connectivity index (χ1n) is 6.53. The van der Waals surface area contributed by atoms with Gasteiger partial charge in [0, 0.05) is 0 Å². The van der Waals surface area contributed by atoms with E-state index in [-0.39, 0.29) is 6.54 Å². The summed E-state index contributed by atoms with van der Waals surface area (Å²) in [7, 11) is 1.23. The van der Waals surface area contributed by atoms with Crippen molar-refractivity contribution < 1.29 is 24.2 Å².